The molecular weight excluding hydrogens is 226 g/mol. The van der Waals surface area contributed by atoms with Crippen LogP contribution in [0.5, 0.6) is 5.75 Å². The maximum atomic E-state index is 11.6. The van der Waals surface area contributed by atoms with Gasteiger partial charge in [0.2, 0.25) is 0 Å². The Hall–Kier alpha value is -2.31. The maximum absolute atomic E-state index is 11.6. The number of ether oxygens (including phenoxy) is 1. The predicted octanol–water partition coefficient (Wildman–Crippen LogP) is 1.13. The molecule has 0 unspecified atom stereocenters. The second-order valence-electron chi connectivity index (χ2n) is 3.46. The molecule has 17 heavy (non-hydrogen) atoms. The van der Waals surface area contributed by atoms with Gasteiger partial charge in [-0.1, -0.05) is 0 Å². The summed E-state index contributed by atoms with van der Waals surface area (Å²) < 4.78 is 5.31. The van der Waals surface area contributed by atoms with Crippen molar-refractivity contribution < 1.29 is 14.5 Å². The van der Waals surface area contributed by atoms with Crippen molar-refractivity contribution in [1.82, 2.24) is 5.32 Å². The highest BCUT2D eigenvalue weighted by Gasteiger charge is 2.24. The number of non-ortho nitro benzene ring substituents is 1. The molecule has 7 nitrogen and oxygen atoms in total. The van der Waals surface area contributed by atoms with E-state index in [2.05, 4.69) is 5.32 Å². The molecule has 1 aromatic carbocycles. The largest absolute Gasteiger partial charge is 0.489 e. The van der Waals surface area contributed by atoms with Gasteiger partial charge in [-0.25, -0.2) is 4.79 Å². The van der Waals surface area contributed by atoms with Crippen LogP contribution in [0.3, 0.4) is 0 Å². The summed E-state index contributed by atoms with van der Waals surface area (Å²) in [6.45, 7) is 0.742. The van der Waals surface area contributed by atoms with Crippen LogP contribution >= 0.6 is 0 Å². The number of hydrogen-bond acceptors (Lipinski definition) is 4. The highest BCUT2D eigenvalue weighted by molar-refractivity contribution is 5.94. The first-order chi connectivity index (χ1) is 8.13. The standard InChI is InChI=1S/C10H11N3O4/c1-11-10(14)12-4-5-17-9-6-7(13(15)16)2-3-8(9)12/h2-3,6H,4-5H2,1H3,(H,11,14). The zero-order chi connectivity index (χ0) is 12.4. The first-order valence-electron chi connectivity index (χ1n) is 5.04. The van der Waals surface area contributed by atoms with Crippen LogP contribution in [-0.2, 0) is 0 Å². The Morgan fingerprint density at radius 3 is 3.00 bits per heavy atom. The third-order valence-electron chi connectivity index (χ3n) is 2.48. The van der Waals surface area contributed by atoms with Crippen molar-refractivity contribution in [2.75, 3.05) is 25.1 Å². The number of hydrogen-bond donors (Lipinski definition) is 1. The molecule has 7 heteroatoms. The second-order valence-corrected chi connectivity index (χ2v) is 3.46. The van der Waals surface area contributed by atoms with Crippen molar-refractivity contribution in [2.24, 2.45) is 0 Å². The minimum absolute atomic E-state index is 0.0532. The molecule has 1 heterocycles. The summed E-state index contributed by atoms with van der Waals surface area (Å²) >= 11 is 0. The van der Waals surface area contributed by atoms with Crippen molar-refractivity contribution in [1.29, 1.82) is 0 Å². The normalized spacial score (nSPS) is 13.6. The van der Waals surface area contributed by atoms with Gasteiger partial charge < -0.3 is 10.1 Å². The van der Waals surface area contributed by atoms with E-state index in [-0.39, 0.29) is 11.7 Å². The number of nitrogens with one attached hydrogen (secondary N) is 1. The van der Waals surface area contributed by atoms with Gasteiger partial charge in [-0.05, 0) is 6.07 Å². The molecule has 90 valence electrons. The quantitative estimate of drug-likeness (QED) is 0.586. The van der Waals surface area contributed by atoms with E-state index < -0.39 is 4.92 Å². The number of fused-ring (bicyclic) bond motifs is 1. The summed E-state index contributed by atoms with van der Waals surface area (Å²) in [6.07, 6.45) is 0. The van der Waals surface area contributed by atoms with Crippen LogP contribution in [0.1, 0.15) is 0 Å². The Morgan fingerprint density at radius 1 is 1.59 bits per heavy atom. The van der Waals surface area contributed by atoms with Gasteiger partial charge in [0.1, 0.15) is 12.4 Å². The van der Waals surface area contributed by atoms with Crippen LogP contribution in [0, 0.1) is 10.1 Å². The number of carbonyl (C=O) groups is 1. The fraction of sp³-hybridized carbons (Fsp3) is 0.300. The van der Waals surface area contributed by atoms with Crippen LogP contribution in [-0.4, -0.2) is 31.2 Å². The first-order valence-corrected chi connectivity index (χ1v) is 5.04. The molecule has 1 aliphatic rings. The van der Waals surface area contributed by atoms with Gasteiger partial charge in [0.15, 0.2) is 0 Å². The lowest BCUT2D eigenvalue weighted by molar-refractivity contribution is -0.384. The zero-order valence-electron chi connectivity index (χ0n) is 9.17. The lowest BCUT2D eigenvalue weighted by atomic mass is 10.2. The van der Waals surface area contributed by atoms with Crippen LogP contribution in [0.25, 0.3) is 0 Å². The molecule has 2 amide bonds. The second kappa shape index (κ2) is 4.28. The van der Waals surface area contributed by atoms with Crippen molar-refractivity contribution in [3.05, 3.63) is 28.3 Å². The molecule has 0 bridgehead atoms. The molecule has 0 fully saturated rings. The van der Waals surface area contributed by atoms with Gasteiger partial charge in [-0.2, -0.15) is 0 Å². The molecule has 0 saturated carbocycles. The Bertz CT molecular complexity index is 475. The number of benzene rings is 1. The van der Waals surface area contributed by atoms with Crippen molar-refractivity contribution in [3.8, 4) is 5.75 Å². The van der Waals surface area contributed by atoms with E-state index in [1.54, 1.807) is 0 Å². The van der Waals surface area contributed by atoms with Gasteiger partial charge in [0.05, 0.1) is 23.2 Å². The third-order valence-corrected chi connectivity index (χ3v) is 2.48. The van der Waals surface area contributed by atoms with E-state index in [1.165, 1.54) is 30.1 Å². The molecule has 1 aromatic rings. The molecule has 2 rings (SSSR count). The zero-order valence-corrected chi connectivity index (χ0v) is 9.17. The summed E-state index contributed by atoms with van der Waals surface area (Å²) in [5.41, 5.74) is 0.490. The maximum Gasteiger partial charge on any atom is 0.321 e. The topological polar surface area (TPSA) is 84.7 Å². The Labute approximate surface area is 97.1 Å². The lowest BCUT2D eigenvalue weighted by Gasteiger charge is -2.28. The smallest absolute Gasteiger partial charge is 0.321 e. The molecule has 0 aromatic heterocycles. The molecular formula is C10H11N3O4. The number of carbonyl (C=O) groups excluding carboxylic acids is 1. The number of nitrogens with zero attached hydrogens (tertiary/aromatic N) is 2. The summed E-state index contributed by atoms with van der Waals surface area (Å²) in [6, 6.07) is 3.93. The molecule has 0 aliphatic carbocycles. The number of anilines is 1. The molecule has 0 saturated heterocycles. The summed E-state index contributed by atoms with van der Waals surface area (Å²) in [5, 5.41) is 13.1. The number of urea groups is 1. The van der Waals surface area contributed by atoms with Crippen LogP contribution in [0.15, 0.2) is 18.2 Å². The average molecular weight is 237 g/mol. The van der Waals surface area contributed by atoms with Crippen molar-refractivity contribution >= 4 is 17.4 Å². The van der Waals surface area contributed by atoms with E-state index in [9.17, 15) is 14.9 Å². The number of rotatable bonds is 1. The van der Waals surface area contributed by atoms with E-state index in [0.717, 1.165) is 0 Å². The van der Waals surface area contributed by atoms with Crippen molar-refractivity contribution in [3.63, 3.8) is 0 Å². The average Bonchev–Trinajstić information content (AvgIpc) is 2.36. The number of amides is 2. The van der Waals surface area contributed by atoms with Crippen LogP contribution in [0.2, 0.25) is 0 Å². The SMILES string of the molecule is CNC(=O)N1CCOc2cc([N+](=O)[O-])ccc21. The number of nitro benzene ring substituents is 1. The Balaban J connectivity index is 2.40. The van der Waals surface area contributed by atoms with Crippen LogP contribution < -0.4 is 15.0 Å². The fourth-order valence-corrected chi connectivity index (χ4v) is 1.67. The van der Waals surface area contributed by atoms with Crippen molar-refractivity contribution in [2.45, 2.75) is 0 Å². The third kappa shape index (κ3) is 1.99. The molecule has 1 N–H and O–H groups in total. The minimum Gasteiger partial charge on any atom is -0.489 e. The predicted molar refractivity (Wildman–Crippen MR) is 60.4 cm³/mol. The fourth-order valence-electron chi connectivity index (χ4n) is 1.67. The summed E-state index contributed by atoms with van der Waals surface area (Å²) in [5.74, 6) is 0.356. The van der Waals surface area contributed by atoms with E-state index in [0.29, 0.717) is 24.6 Å². The summed E-state index contributed by atoms with van der Waals surface area (Å²) in [4.78, 5) is 23.2. The van der Waals surface area contributed by atoms with Crippen LogP contribution in [0.4, 0.5) is 16.2 Å². The molecule has 0 radical (unpaired) electrons. The van der Waals surface area contributed by atoms with E-state index in [4.69, 9.17) is 4.74 Å². The van der Waals surface area contributed by atoms with Gasteiger partial charge in [-0.15, -0.1) is 0 Å². The van der Waals surface area contributed by atoms with E-state index in [1.807, 2.05) is 0 Å². The van der Waals surface area contributed by atoms with E-state index >= 15 is 0 Å². The molecule has 0 atom stereocenters. The summed E-state index contributed by atoms with van der Waals surface area (Å²) in [7, 11) is 1.53. The highest BCUT2D eigenvalue weighted by atomic mass is 16.6. The van der Waals surface area contributed by atoms with Gasteiger partial charge in [0.25, 0.3) is 5.69 Å². The lowest BCUT2D eigenvalue weighted by Crippen LogP contribution is -2.42. The Morgan fingerprint density at radius 2 is 2.35 bits per heavy atom. The Kier molecular flexibility index (Phi) is 2.82. The first kappa shape index (κ1) is 11.2. The molecule has 1 aliphatic heterocycles. The highest BCUT2D eigenvalue weighted by Crippen LogP contribution is 2.34. The van der Waals surface area contributed by atoms with Gasteiger partial charge in [0, 0.05) is 13.1 Å². The van der Waals surface area contributed by atoms with Gasteiger partial charge in [-0.3, -0.25) is 15.0 Å². The monoisotopic (exact) mass is 237 g/mol. The molecule has 0 spiro atoms. The van der Waals surface area contributed by atoms with Gasteiger partial charge >= 0.3 is 6.03 Å². The number of nitro groups is 1. The minimum atomic E-state index is -0.498.